The highest BCUT2D eigenvalue weighted by molar-refractivity contribution is 9.15. The van der Waals surface area contributed by atoms with Gasteiger partial charge in [0.25, 0.3) is 0 Å². The van der Waals surface area contributed by atoms with Gasteiger partial charge >= 0.3 is 11.9 Å². The van der Waals surface area contributed by atoms with Crippen molar-refractivity contribution in [2.45, 2.75) is 0 Å². The molecule has 0 heterocycles. The fourth-order valence-electron chi connectivity index (χ4n) is 1.94. The first-order chi connectivity index (χ1) is 10.1. The molecule has 0 atom stereocenters. The molecule has 0 fully saturated rings. The van der Waals surface area contributed by atoms with Gasteiger partial charge in [-0.25, -0.2) is 9.59 Å². The van der Waals surface area contributed by atoms with Crippen LogP contribution in [0.3, 0.4) is 0 Å². The smallest absolute Gasteiger partial charge is 0.337 e. The van der Waals surface area contributed by atoms with Crippen LogP contribution in [0.2, 0.25) is 0 Å². The fraction of sp³-hybridized carbons (Fsp3) is 0. The molecule has 2 N–H and O–H groups in total. The summed E-state index contributed by atoms with van der Waals surface area (Å²) in [5, 5.41) is 19.6. The lowest BCUT2D eigenvalue weighted by molar-refractivity contribution is 0.0694. The highest BCUT2D eigenvalue weighted by atomic mass is 79.9. The van der Waals surface area contributed by atoms with Crippen molar-refractivity contribution in [2.75, 3.05) is 0 Å². The Morgan fingerprint density at radius 2 is 0.864 bits per heavy atom. The zero-order valence-electron chi connectivity index (χ0n) is 9.98. The summed E-state index contributed by atoms with van der Waals surface area (Å²) in [7, 11) is 0. The molecule has 116 valence electrons. The summed E-state index contributed by atoms with van der Waals surface area (Å²) in [6, 6.07) is 0. The lowest BCUT2D eigenvalue weighted by atomic mass is 9.99. The van der Waals surface area contributed by atoms with Gasteiger partial charge in [0.15, 0.2) is 0 Å². The Hall–Kier alpha value is 0.520. The number of aromatic carboxylic acids is 2. The van der Waals surface area contributed by atoms with E-state index in [4.69, 9.17) is 0 Å². The minimum absolute atomic E-state index is 0.101. The molecule has 2 aromatic rings. The van der Waals surface area contributed by atoms with Crippen molar-refractivity contribution in [3.63, 3.8) is 0 Å². The Morgan fingerprint density at radius 1 is 0.545 bits per heavy atom. The monoisotopic (exact) mass is 684 g/mol. The molecule has 2 rings (SSSR count). The number of benzene rings is 2. The molecule has 0 bridgehead atoms. The molecule has 0 amide bonds. The molecule has 10 heteroatoms. The highest BCUT2D eigenvalue weighted by Crippen LogP contribution is 2.49. The van der Waals surface area contributed by atoms with Crippen molar-refractivity contribution in [2.24, 2.45) is 0 Å². The standard InChI is InChI=1S/C12H2Br6O4/c13-5-2-1(3(11(19)20)7(15)9(5)17)4(12(21)22)8(16)10(18)6(2)14/h(H,19,20)(H,21,22). The molecule has 0 aliphatic rings. The molecule has 0 aliphatic heterocycles. The van der Waals surface area contributed by atoms with Crippen molar-refractivity contribution >= 4 is 118 Å². The first-order valence-electron chi connectivity index (χ1n) is 5.24. The second kappa shape index (κ2) is 6.79. The van der Waals surface area contributed by atoms with E-state index < -0.39 is 11.9 Å². The van der Waals surface area contributed by atoms with Crippen LogP contribution in [-0.2, 0) is 0 Å². The SMILES string of the molecule is O=C(O)c1c(Br)c(Br)c(Br)c2c(Br)c(Br)c(Br)c(C(=O)O)c12. The Kier molecular flexibility index (Phi) is 5.82. The van der Waals surface area contributed by atoms with Crippen molar-refractivity contribution < 1.29 is 19.8 Å². The van der Waals surface area contributed by atoms with E-state index in [9.17, 15) is 19.8 Å². The van der Waals surface area contributed by atoms with E-state index in [0.29, 0.717) is 23.3 Å². The van der Waals surface area contributed by atoms with Gasteiger partial charge in [0.05, 0.1) is 11.1 Å². The van der Waals surface area contributed by atoms with Gasteiger partial charge in [0.2, 0.25) is 0 Å². The van der Waals surface area contributed by atoms with Crippen molar-refractivity contribution in [3.05, 3.63) is 38.0 Å². The Labute approximate surface area is 174 Å². The number of rotatable bonds is 2. The number of hydrogen-bond acceptors (Lipinski definition) is 2. The van der Waals surface area contributed by atoms with E-state index in [2.05, 4.69) is 95.6 Å². The van der Waals surface area contributed by atoms with Gasteiger partial charge in [-0.3, -0.25) is 0 Å². The molecule has 0 saturated heterocycles. The number of carbonyl (C=O) groups is 2. The first-order valence-corrected chi connectivity index (χ1v) is 10.00. The van der Waals surface area contributed by atoms with Crippen molar-refractivity contribution in [3.8, 4) is 0 Å². The van der Waals surface area contributed by atoms with Crippen LogP contribution in [0, 0.1) is 0 Å². The summed E-state index contributed by atoms with van der Waals surface area (Å²) in [5.41, 5.74) is -0.284. The average molecular weight is 690 g/mol. The molecule has 0 aliphatic carbocycles. The van der Waals surface area contributed by atoms with Crippen molar-refractivity contribution in [1.29, 1.82) is 0 Å². The first kappa shape index (κ1) is 18.9. The fourth-order valence-corrected chi connectivity index (χ4v) is 5.86. The quantitative estimate of drug-likeness (QED) is 0.340. The van der Waals surface area contributed by atoms with Crippen LogP contribution in [-0.4, -0.2) is 22.2 Å². The molecule has 2 aromatic carbocycles. The van der Waals surface area contributed by atoms with Crippen LogP contribution in [0.25, 0.3) is 10.8 Å². The predicted octanol–water partition coefficient (Wildman–Crippen LogP) is 6.81. The molecule has 0 radical (unpaired) electrons. The van der Waals surface area contributed by atoms with Crippen LogP contribution in [0.5, 0.6) is 0 Å². The van der Waals surface area contributed by atoms with Crippen LogP contribution < -0.4 is 0 Å². The van der Waals surface area contributed by atoms with E-state index >= 15 is 0 Å². The molecular weight excluding hydrogens is 688 g/mol. The van der Waals surface area contributed by atoms with Crippen LogP contribution in [0.15, 0.2) is 26.8 Å². The Balaban J connectivity index is 3.35. The normalized spacial score (nSPS) is 11.0. The zero-order chi connectivity index (χ0) is 16.9. The Bertz CT molecular complexity index is 795. The van der Waals surface area contributed by atoms with Gasteiger partial charge in [-0.1, -0.05) is 0 Å². The third kappa shape index (κ3) is 2.83. The van der Waals surface area contributed by atoms with Gasteiger partial charge < -0.3 is 10.2 Å². The third-order valence-electron chi connectivity index (χ3n) is 2.83. The largest absolute Gasteiger partial charge is 0.478 e. The highest BCUT2D eigenvalue weighted by Gasteiger charge is 2.29. The maximum absolute atomic E-state index is 11.7. The average Bonchev–Trinajstić information content (AvgIpc) is 2.41. The van der Waals surface area contributed by atoms with E-state index in [1.807, 2.05) is 0 Å². The molecular formula is C12H2Br6O4. The lowest BCUT2D eigenvalue weighted by Crippen LogP contribution is -2.08. The second-order valence-electron chi connectivity index (χ2n) is 3.99. The molecule has 0 unspecified atom stereocenters. The summed E-state index contributed by atoms with van der Waals surface area (Å²) in [6.07, 6.45) is 0. The molecule has 22 heavy (non-hydrogen) atoms. The summed E-state index contributed by atoms with van der Waals surface area (Å²) in [6.45, 7) is 0. The van der Waals surface area contributed by atoms with Crippen LogP contribution >= 0.6 is 95.6 Å². The number of carboxylic acid groups (broad SMARTS) is 2. The van der Waals surface area contributed by atoms with E-state index in [-0.39, 0.29) is 25.5 Å². The van der Waals surface area contributed by atoms with E-state index in [0.717, 1.165) is 0 Å². The van der Waals surface area contributed by atoms with Gasteiger partial charge in [0, 0.05) is 37.6 Å². The summed E-state index contributed by atoms with van der Waals surface area (Å²) in [4.78, 5) is 23.4. The van der Waals surface area contributed by atoms with Gasteiger partial charge in [0.1, 0.15) is 0 Å². The van der Waals surface area contributed by atoms with Crippen LogP contribution in [0.1, 0.15) is 20.7 Å². The summed E-state index contributed by atoms with van der Waals surface area (Å²) >= 11 is 19.8. The Morgan fingerprint density at radius 3 is 1.14 bits per heavy atom. The third-order valence-corrected chi connectivity index (χ3v) is 9.71. The summed E-state index contributed by atoms with van der Waals surface area (Å²) in [5.74, 6) is -2.48. The van der Waals surface area contributed by atoms with Crippen molar-refractivity contribution in [1.82, 2.24) is 0 Å². The molecule has 0 saturated carbocycles. The van der Waals surface area contributed by atoms with E-state index in [1.165, 1.54) is 0 Å². The maximum Gasteiger partial charge on any atom is 0.337 e. The number of hydrogen-bond donors (Lipinski definition) is 2. The van der Waals surface area contributed by atoms with Gasteiger partial charge in [-0.15, -0.1) is 0 Å². The number of fused-ring (bicyclic) bond motifs is 1. The van der Waals surface area contributed by atoms with E-state index in [1.54, 1.807) is 0 Å². The number of halogens is 6. The maximum atomic E-state index is 11.7. The van der Waals surface area contributed by atoms with Gasteiger partial charge in [-0.2, -0.15) is 0 Å². The minimum atomic E-state index is -1.24. The predicted molar refractivity (Wildman–Crippen MR) is 104 cm³/mol. The van der Waals surface area contributed by atoms with Crippen LogP contribution in [0.4, 0.5) is 0 Å². The second-order valence-corrected chi connectivity index (χ2v) is 8.75. The lowest BCUT2D eigenvalue weighted by Gasteiger charge is -2.17. The minimum Gasteiger partial charge on any atom is -0.478 e. The van der Waals surface area contributed by atoms with Gasteiger partial charge in [-0.05, 0) is 95.6 Å². The molecule has 0 spiro atoms. The molecule has 4 nitrogen and oxygen atoms in total. The molecule has 0 aromatic heterocycles. The number of carboxylic acids is 2. The zero-order valence-corrected chi connectivity index (χ0v) is 19.5. The topological polar surface area (TPSA) is 74.6 Å². The summed E-state index contributed by atoms with van der Waals surface area (Å²) < 4.78 is 2.52.